The summed E-state index contributed by atoms with van der Waals surface area (Å²) in [6.07, 6.45) is 0. The first kappa shape index (κ1) is 15.2. The molecule has 1 atom stereocenters. The molecule has 0 aromatic heterocycles. The lowest BCUT2D eigenvalue weighted by molar-refractivity contribution is -0.115. The summed E-state index contributed by atoms with van der Waals surface area (Å²) in [6, 6.07) is 13.4. The molecule has 1 fully saturated rings. The van der Waals surface area contributed by atoms with Crippen LogP contribution in [0.4, 0.5) is 11.4 Å². The second kappa shape index (κ2) is 6.22. The van der Waals surface area contributed by atoms with E-state index in [2.05, 4.69) is 15.9 Å². The number of ether oxygens (including phenoxy) is 1. The Morgan fingerprint density at radius 3 is 2.86 bits per heavy atom. The molecule has 1 aliphatic rings. The van der Waals surface area contributed by atoms with Gasteiger partial charge < -0.3 is 10.5 Å². The highest BCUT2D eigenvalue weighted by atomic mass is 79.9. The van der Waals surface area contributed by atoms with Crippen LogP contribution in [0.2, 0.25) is 0 Å². The summed E-state index contributed by atoms with van der Waals surface area (Å²) in [4.78, 5) is 14.2. The molecule has 0 aliphatic carbocycles. The number of benzene rings is 2. The molecular formula is C16H15BrN2O2S. The summed E-state index contributed by atoms with van der Waals surface area (Å²) < 4.78 is 6.40. The predicted molar refractivity (Wildman–Crippen MR) is 94.2 cm³/mol. The van der Waals surface area contributed by atoms with Gasteiger partial charge in [-0.3, -0.25) is 9.69 Å². The van der Waals surface area contributed by atoms with Crippen molar-refractivity contribution in [3.8, 4) is 5.75 Å². The van der Waals surface area contributed by atoms with Crippen LogP contribution in [-0.2, 0) is 4.79 Å². The van der Waals surface area contributed by atoms with Gasteiger partial charge in [0, 0.05) is 16.2 Å². The highest BCUT2D eigenvalue weighted by Crippen LogP contribution is 2.45. The summed E-state index contributed by atoms with van der Waals surface area (Å²) in [5, 5.41) is -0.0671. The summed E-state index contributed by atoms with van der Waals surface area (Å²) in [5.74, 6) is 1.12. The number of thioether (sulfide) groups is 1. The molecule has 1 heterocycles. The number of rotatable bonds is 3. The van der Waals surface area contributed by atoms with E-state index in [0.29, 0.717) is 17.2 Å². The first-order valence-corrected chi connectivity index (χ1v) is 8.57. The molecule has 0 bridgehead atoms. The van der Waals surface area contributed by atoms with Gasteiger partial charge in [0.2, 0.25) is 5.91 Å². The van der Waals surface area contributed by atoms with Crippen molar-refractivity contribution in [1.29, 1.82) is 0 Å². The number of anilines is 2. The molecule has 2 N–H and O–H groups in total. The summed E-state index contributed by atoms with van der Waals surface area (Å²) >= 11 is 5.09. The zero-order chi connectivity index (χ0) is 15.7. The Bertz CT molecular complexity index is 723. The van der Waals surface area contributed by atoms with E-state index in [9.17, 15) is 4.79 Å². The van der Waals surface area contributed by atoms with E-state index in [1.807, 2.05) is 30.3 Å². The molecule has 1 amide bonds. The third-order valence-corrected chi connectivity index (χ3v) is 5.17. The fourth-order valence-electron chi connectivity index (χ4n) is 2.48. The average Bonchev–Trinajstić information content (AvgIpc) is 2.89. The van der Waals surface area contributed by atoms with E-state index in [0.717, 1.165) is 15.7 Å². The SMILES string of the molecule is COc1cc(N)ccc1N1C(=O)CSC1c1cccc(Br)c1. The molecule has 2 aromatic carbocycles. The van der Waals surface area contributed by atoms with Crippen LogP contribution in [0.3, 0.4) is 0 Å². The van der Waals surface area contributed by atoms with E-state index in [1.54, 1.807) is 35.9 Å². The summed E-state index contributed by atoms with van der Waals surface area (Å²) in [7, 11) is 1.58. The topological polar surface area (TPSA) is 55.6 Å². The highest BCUT2D eigenvalue weighted by Gasteiger charge is 2.35. The Morgan fingerprint density at radius 2 is 2.14 bits per heavy atom. The van der Waals surface area contributed by atoms with E-state index in [1.165, 1.54) is 0 Å². The van der Waals surface area contributed by atoms with E-state index >= 15 is 0 Å². The maximum Gasteiger partial charge on any atom is 0.238 e. The Balaban J connectivity index is 2.05. The molecule has 1 saturated heterocycles. The van der Waals surface area contributed by atoms with Gasteiger partial charge in [0.15, 0.2) is 0 Å². The largest absolute Gasteiger partial charge is 0.494 e. The minimum absolute atomic E-state index is 0.0671. The monoisotopic (exact) mass is 378 g/mol. The van der Waals surface area contributed by atoms with E-state index in [4.69, 9.17) is 10.5 Å². The van der Waals surface area contributed by atoms with Crippen molar-refractivity contribution in [2.24, 2.45) is 0 Å². The lowest BCUT2D eigenvalue weighted by atomic mass is 10.1. The van der Waals surface area contributed by atoms with Crippen LogP contribution >= 0.6 is 27.7 Å². The van der Waals surface area contributed by atoms with Gasteiger partial charge in [0.05, 0.1) is 18.6 Å². The van der Waals surface area contributed by atoms with Gasteiger partial charge in [0.25, 0.3) is 0 Å². The number of methoxy groups -OCH3 is 1. The number of carbonyl (C=O) groups is 1. The van der Waals surface area contributed by atoms with Crippen LogP contribution in [-0.4, -0.2) is 18.8 Å². The van der Waals surface area contributed by atoms with Gasteiger partial charge in [-0.15, -0.1) is 11.8 Å². The smallest absolute Gasteiger partial charge is 0.238 e. The van der Waals surface area contributed by atoms with E-state index in [-0.39, 0.29) is 11.3 Å². The molecule has 0 spiro atoms. The zero-order valence-electron chi connectivity index (χ0n) is 12.0. The Hall–Kier alpha value is -1.66. The normalized spacial score (nSPS) is 17.8. The molecule has 22 heavy (non-hydrogen) atoms. The average molecular weight is 379 g/mol. The van der Waals surface area contributed by atoms with Gasteiger partial charge in [0.1, 0.15) is 11.1 Å². The molecule has 0 saturated carbocycles. The molecule has 3 rings (SSSR count). The number of nitrogen functional groups attached to an aromatic ring is 1. The van der Waals surface area contributed by atoms with Gasteiger partial charge in [-0.1, -0.05) is 28.1 Å². The minimum Gasteiger partial charge on any atom is -0.494 e. The fourth-order valence-corrected chi connectivity index (χ4v) is 4.06. The fraction of sp³-hybridized carbons (Fsp3) is 0.188. The first-order chi connectivity index (χ1) is 10.6. The first-order valence-electron chi connectivity index (χ1n) is 6.73. The second-order valence-electron chi connectivity index (χ2n) is 4.91. The highest BCUT2D eigenvalue weighted by molar-refractivity contribution is 9.10. The third kappa shape index (κ3) is 2.80. The minimum atomic E-state index is -0.0671. The van der Waals surface area contributed by atoms with Crippen LogP contribution in [0.15, 0.2) is 46.9 Å². The van der Waals surface area contributed by atoms with Gasteiger partial charge in [-0.05, 0) is 29.8 Å². The molecule has 0 radical (unpaired) electrons. The Morgan fingerprint density at radius 1 is 1.32 bits per heavy atom. The predicted octanol–water partition coefficient (Wildman–Crippen LogP) is 3.82. The quantitative estimate of drug-likeness (QED) is 0.824. The summed E-state index contributed by atoms with van der Waals surface area (Å²) in [6.45, 7) is 0. The number of halogens is 1. The number of hydrogen-bond acceptors (Lipinski definition) is 4. The molecule has 1 unspecified atom stereocenters. The Labute approximate surface area is 141 Å². The maximum absolute atomic E-state index is 12.4. The molecule has 114 valence electrons. The maximum atomic E-state index is 12.4. The van der Waals surface area contributed by atoms with Crippen LogP contribution in [0.1, 0.15) is 10.9 Å². The van der Waals surface area contributed by atoms with Gasteiger partial charge in [-0.25, -0.2) is 0 Å². The van der Waals surface area contributed by atoms with Crippen LogP contribution in [0, 0.1) is 0 Å². The van der Waals surface area contributed by atoms with Crippen molar-refractivity contribution in [2.75, 3.05) is 23.5 Å². The van der Waals surface area contributed by atoms with Crippen molar-refractivity contribution in [1.82, 2.24) is 0 Å². The molecular weight excluding hydrogens is 364 g/mol. The van der Waals surface area contributed by atoms with Crippen molar-refractivity contribution in [2.45, 2.75) is 5.37 Å². The van der Waals surface area contributed by atoms with Crippen LogP contribution < -0.4 is 15.4 Å². The van der Waals surface area contributed by atoms with Crippen LogP contribution in [0.5, 0.6) is 5.75 Å². The lowest BCUT2D eigenvalue weighted by Gasteiger charge is -2.26. The van der Waals surface area contributed by atoms with Crippen molar-refractivity contribution >= 4 is 45.0 Å². The summed E-state index contributed by atoms with van der Waals surface area (Å²) in [5.41, 5.74) is 8.24. The number of nitrogens with zero attached hydrogens (tertiary/aromatic N) is 1. The lowest BCUT2D eigenvalue weighted by Crippen LogP contribution is -2.28. The number of carbonyl (C=O) groups excluding carboxylic acids is 1. The van der Waals surface area contributed by atoms with Crippen molar-refractivity contribution < 1.29 is 9.53 Å². The molecule has 6 heteroatoms. The third-order valence-electron chi connectivity index (χ3n) is 3.47. The number of nitrogens with two attached hydrogens (primary N) is 1. The van der Waals surface area contributed by atoms with Gasteiger partial charge in [-0.2, -0.15) is 0 Å². The molecule has 4 nitrogen and oxygen atoms in total. The van der Waals surface area contributed by atoms with E-state index < -0.39 is 0 Å². The molecule has 1 aliphatic heterocycles. The number of hydrogen-bond donors (Lipinski definition) is 1. The Kier molecular flexibility index (Phi) is 4.31. The number of amides is 1. The van der Waals surface area contributed by atoms with Crippen molar-refractivity contribution in [3.05, 3.63) is 52.5 Å². The van der Waals surface area contributed by atoms with Crippen molar-refractivity contribution in [3.63, 3.8) is 0 Å². The second-order valence-corrected chi connectivity index (χ2v) is 6.90. The zero-order valence-corrected chi connectivity index (χ0v) is 14.4. The molecule has 2 aromatic rings. The van der Waals surface area contributed by atoms with Crippen LogP contribution in [0.25, 0.3) is 0 Å². The standard InChI is InChI=1S/C16H15BrN2O2S/c1-21-14-8-12(18)5-6-13(14)19-15(20)9-22-16(19)10-3-2-4-11(17)7-10/h2-8,16H,9,18H2,1H3. The van der Waals surface area contributed by atoms with Gasteiger partial charge >= 0.3 is 0 Å².